The molecule has 2 amide bonds. The molecular formula is C94H140N18O26S3+2. The zero-order valence-electron chi connectivity index (χ0n) is 78.4. The van der Waals surface area contributed by atoms with Gasteiger partial charge >= 0.3 is 0 Å². The van der Waals surface area contributed by atoms with Crippen LogP contribution in [0.4, 0.5) is 11.4 Å². The fourth-order valence-corrected chi connectivity index (χ4v) is 22.6. The van der Waals surface area contributed by atoms with E-state index in [-0.39, 0.29) is 69.6 Å². The average Bonchev–Trinajstić information content (AvgIpc) is 1.71. The third-order valence-corrected chi connectivity index (χ3v) is 31.2. The Hall–Kier alpha value is -6.67. The van der Waals surface area contributed by atoms with Gasteiger partial charge in [0, 0.05) is 149 Å². The number of carbonyl (C=O) groups is 2. The van der Waals surface area contributed by atoms with Crippen molar-refractivity contribution in [1.29, 1.82) is 0 Å². The zero-order chi connectivity index (χ0) is 101. The number of aliphatic hydroxyl groups excluding tert-OH is 12. The molecule has 38 N–H and O–H groups in total. The highest BCUT2D eigenvalue weighted by molar-refractivity contribution is 8.04. The third kappa shape index (κ3) is 24.5. The first-order chi connectivity index (χ1) is 67.7. The van der Waals surface area contributed by atoms with Crippen molar-refractivity contribution in [1.82, 2.24) is 10.6 Å². The highest BCUT2D eigenvalue weighted by Crippen LogP contribution is 2.48. The maximum atomic E-state index is 13.4. The lowest BCUT2D eigenvalue weighted by molar-refractivity contribution is -0.672. The van der Waals surface area contributed by atoms with Gasteiger partial charge < -0.3 is 207 Å². The number of thioether (sulfide) groups is 3. The minimum absolute atomic E-state index is 0.0637. The number of aromatic nitrogens is 2. The van der Waals surface area contributed by atoms with Gasteiger partial charge in [-0.3, -0.25) is 9.59 Å². The molecule has 16 rings (SSSR count). The first-order valence-electron chi connectivity index (χ1n) is 47.9. The summed E-state index contributed by atoms with van der Waals surface area (Å²) in [6.45, 7) is 0.842. The molecule has 0 radical (unpaired) electrons. The predicted octanol–water partition coefficient (Wildman–Crippen LogP) is -7.11. The summed E-state index contributed by atoms with van der Waals surface area (Å²) in [5, 5.41) is 141. The second-order valence-electron chi connectivity index (χ2n) is 37.5. The number of nitrogens with two attached hydrogens (primary N) is 12. The number of para-hydroxylation sites is 4. The van der Waals surface area contributed by atoms with Gasteiger partial charge in [-0.15, -0.1) is 0 Å². The van der Waals surface area contributed by atoms with E-state index in [2.05, 4.69) is 141 Å². The molecule has 4 aromatic carbocycles. The maximum absolute atomic E-state index is 13.4. The van der Waals surface area contributed by atoms with Crippen molar-refractivity contribution in [2.75, 3.05) is 74.7 Å². The molecule has 10 heterocycles. The van der Waals surface area contributed by atoms with Gasteiger partial charge in [-0.2, -0.15) is 20.9 Å². The van der Waals surface area contributed by atoms with Gasteiger partial charge in [0.25, 0.3) is 0 Å². The summed E-state index contributed by atoms with van der Waals surface area (Å²) in [5.74, 6) is 0.263. The van der Waals surface area contributed by atoms with Crippen LogP contribution < -0.4 is 98.4 Å². The summed E-state index contributed by atoms with van der Waals surface area (Å²) in [7, 11) is 4.16. The average molecular weight is 2030 g/mol. The van der Waals surface area contributed by atoms with E-state index in [4.69, 9.17) is 126 Å². The molecule has 0 bridgehead atoms. The van der Waals surface area contributed by atoms with Crippen LogP contribution in [-0.2, 0) is 79.5 Å². The molecule has 2 saturated carbocycles. The number of hydrogen-bond acceptors (Lipinski definition) is 43. The smallest absolute Gasteiger partial charge is 0.220 e. The molecule has 2 aromatic heterocycles. The molecule has 10 aliphatic rings. The van der Waals surface area contributed by atoms with Crippen LogP contribution in [0.1, 0.15) is 62.5 Å². The van der Waals surface area contributed by atoms with E-state index in [1.807, 2.05) is 36.4 Å². The van der Waals surface area contributed by atoms with Crippen LogP contribution in [0.15, 0.2) is 141 Å². The number of unbranched alkanes of at least 4 members (excludes halogenated alkanes) is 2. The number of hydrogen-bond donors (Lipinski definition) is 26. The predicted molar refractivity (Wildman–Crippen MR) is 519 cm³/mol. The Bertz CT molecular complexity index is 5190. The SMILES string of the molecule is CN1/C(=C/c2cc[n+](CCCCC(=O)NCCSC[C@H]3OC(O[C@@H]4C(O)[C@H](N)CC(N)[C@H]4O[C@H]4OC(CN)[C@@H](O)[C@H](O)C4N)[C@@H](O)[C@H]3O[C@H]3O[C@@H](CN)[C@@H](O)C(O)C3N)c3ccccc23)Sc2ccccc21.CN1/C(=C/c2cc[n+](CCCCC(=O)NC[C@H]3OC(O[C@@H]4C(O)[C@H](N)CC(N)[C@H]4O[C@H]4OC(CN)[C@@H](O)[C@H](O)C4N)[C@@H](O)[C@H]3O[C@H]3O[C@@H](CN)[C@@H](O)C(O)C3N)c3ccccc23)Sc2ccccc21. The van der Waals surface area contributed by atoms with Gasteiger partial charge in [0.2, 0.25) is 22.8 Å². The van der Waals surface area contributed by atoms with Crippen molar-refractivity contribution >= 4 is 92.4 Å². The highest BCUT2D eigenvalue weighted by Gasteiger charge is 2.58. The van der Waals surface area contributed by atoms with Gasteiger partial charge in [-0.25, -0.2) is 0 Å². The Morgan fingerprint density at radius 1 is 0.397 bits per heavy atom. The number of carbonyl (C=O) groups excluding carboxylic acids is 2. The monoisotopic (exact) mass is 2030 g/mol. The lowest BCUT2D eigenvalue weighted by Gasteiger charge is -2.47. The minimum atomic E-state index is -1.65. The van der Waals surface area contributed by atoms with Crippen molar-refractivity contribution in [2.24, 2.45) is 68.8 Å². The van der Waals surface area contributed by atoms with E-state index in [1.54, 1.807) is 23.5 Å². The minimum Gasteiger partial charge on any atom is -0.389 e. The lowest BCUT2D eigenvalue weighted by Crippen LogP contribution is -2.68. The molecule has 44 nitrogen and oxygen atoms in total. The number of anilines is 2. The van der Waals surface area contributed by atoms with Crippen molar-refractivity contribution in [3.63, 3.8) is 0 Å². The van der Waals surface area contributed by atoms with E-state index in [0.717, 1.165) is 56.0 Å². The Morgan fingerprint density at radius 2 is 0.738 bits per heavy atom. The summed E-state index contributed by atoms with van der Waals surface area (Å²) >= 11 is 4.90. The second kappa shape index (κ2) is 49.0. The van der Waals surface area contributed by atoms with Gasteiger partial charge in [-0.05, 0) is 85.4 Å². The van der Waals surface area contributed by atoms with E-state index in [0.29, 0.717) is 44.5 Å². The van der Waals surface area contributed by atoms with Crippen LogP contribution >= 0.6 is 35.3 Å². The molecule has 14 unspecified atom stereocenters. The summed E-state index contributed by atoms with van der Waals surface area (Å²) in [4.78, 5) is 33.3. The first kappa shape index (κ1) is 109. The van der Waals surface area contributed by atoms with Crippen LogP contribution in [0, 0.1) is 0 Å². The molecule has 6 aromatic rings. The van der Waals surface area contributed by atoms with Gasteiger partial charge in [0.05, 0.1) is 74.7 Å². The van der Waals surface area contributed by atoms with Crippen molar-refractivity contribution in [3.8, 4) is 0 Å². The normalized spacial score (nSPS) is 38.1. The largest absolute Gasteiger partial charge is 0.389 e. The molecule has 6 saturated heterocycles. The lowest BCUT2D eigenvalue weighted by atomic mass is 9.84. The first-order valence-corrected chi connectivity index (χ1v) is 50.7. The molecule has 141 heavy (non-hydrogen) atoms. The number of rotatable bonds is 35. The van der Waals surface area contributed by atoms with E-state index in [9.17, 15) is 70.9 Å². The Labute approximate surface area is 828 Å². The van der Waals surface area contributed by atoms with Gasteiger partial charge in [-0.1, -0.05) is 72.1 Å². The Balaban J connectivity index is 0.000000213. The molecule has 38 atom stereocenters. The highest BCUT2D eigenvalue weighted by atomic mass is 32.2. The zero-order valence-corrected chi connectivity index (χ0v) is 80.8. The molecule has 47 heteroatoms. The summed E-state index contributed by atoms with van der Waals surface area (Å²) in [5.41, 5.74) is 80.4. The van der Waals surface area contributed by atoms with Gasteiger partial charge in [0.1, 0.15) is 141 Å². The summed E-state index contributed by atoms with van der Waals surface area (Å²) in [6, 6.07) is 28.9. The number of aliphatic hydroxyl groups is 12. The van der Waals surface area contributed by atoms with Crippen LogP contribution in [0.3, 0.4) is 0 Å². The summed E-state index contributed by atoms with van der Waals surface area (Å²) < 4.78 is 77.4. The van der Waals surface area contributed by atoms with Crippen LogP contribution in [-0.4, -0.2) is 371 Å². The standard InChI is InChI=1S/C48H71N9O13S2.C46H67N9O13S/c1-56-28-10-4-5-11-32(28)72-34(56)18-23-13-16-57(27-9-3-2-8-24(23)27)15-7-6-12-33(58)55-14-17-71-22-31-44(69-47-36(54)41(63)39(61)30(21-50)66-47)42(64)48(67-31)70-45-37(59)25(51)19-26(52)43(45)68-46-35(53)40(62)38(60)29(20-49)65-46;1-54-26-10-4-5-11-30(26)69-32(54)16-21-13-15-55(25-9-3-2-8-22(21)25)14-7-6-12-31(56)53-20-29-42(67-45-34(52)39(61)37(59)28(19-48)64-45)40(62)46(65-29)68-43-35(57)23(49)17-24(50)41(43)66-44-33(51)38(60)36(58)27(18-47)63-44/h2-5,8-11,13,16,18,25-26,29-31,35-48,59-64H,6-7,12,14-15,17,19-22,49-54H2,1H3;2-5,8-11,13,15-16,23-24,27-29,33-46,57-62H,6-7,12,14,17-20,47-52H2,1H3/p+2/t25-,26?,29?,30+,31-,35?,36?,37?,38-,39-,40-,41?,42+,43-,44+,45-,46-,47-,48?;23-,24?,27?,28+,29-,33?,34?,35?,36-,37-,38-,39?,40+,41-,42+,43-,44-,45-,46?/m11/s1. The summed E-state index contributed by atoms with van der Waals surface area (Å²) in [6.07, 6.45) is -28.0. The fourth-order valence-electron chi connectivity index (χ4n) is 19.5. The molecule has 2 aliphatic carbocycles. The van der Waals surface area contributed by atoms with E-state index in [1.165, 1.54) is 32.9 Å². The third-order valence-electron chi connectivity index (χ3n) is 27.9. The molecule has 8 fully saturated rings. The second-order valence-corrected chi connectivity index (χ2v) is 40.7. The molecule has 778 valence electrons. The number of pyridine rings is 2. The molecule has 0 spiro atoms. The van der Waals surface area contributed by atoms with Crippen LogP contribution in [0.2, 0.25) is 0 Å². The quantitative estimate of drug-likeness (QED) is 0.0130. The van der Waals surface area contributed by atoms with Crippen molar-refractivity contribution in [3.05, 3.63) is 143 Å². The number of ether oxygens (including phenoxy) is 12. The number of fused-ring (bicyclic) bond motifs is 4. The molecular weight excluding hydrogens is 1890 g/mol. The molecule has 8 aliphatic heterocycles. The van der Waals surface area contributed by atoms with Crippen LogP contribution in [0.25, 0.3) is 34.0 Å². The van der Waals surface area contributed by atoms with E-state index >= 15 is 0 Å². The number of aryl methyl sites for hydroxylation is 2. The van der Waals surface area contributed by atoms with Crippen LogP contribution in [0.5, 0.6) is 0 Å². The maximum Gasteiger partial charge on any atom is 0.220 e. The van der Waals surface area contributed by atoms with E-state index < -0.39 is 233 Å². The Kier molecular flexibility index (Phi) is 37.7. The fraction of sp³-hybridized carbons (Fsp3) is 0.617. The number of benzene rings is 4. The van der Waals surface area contributed by atoms with Gasteiger partial charge in [0.15, 0.2) is 50.1 Å². The number of nitrogens with one attached hydrogen (secondary N) is 2. The number of amides is 2. The van der Waals surface area contributed by atoms with Crippen molar-refractivity contribution in [2.45, 2.75) is 307 Å². The Morgan fingerprint density at radius 3 is 1.13 bits per heavy atom. The number of nitrogens with zero attached hydrogens (tertiary/aromatic N) is 4. The van der Waals surface area contributed by atoms with Crippen molar-refractivity contribution < 1.29 is 137 Å². The topological polar surface area (TPSA) is 738 Å².